The lowest BCUT2D eigenvalue weighted by molar-refractivity contribution is -0.142. The minimum Gasteiger partial charge on any atom is -0.481 e. The van der Waals surface area contributed by atoms with Crippen LogP contribution in [0.25, 0.3) is 0 Å². The molecule has 0 heterocycles. The van der Waals surface area contributed by atoms with Crippen LogP contribution >= 0.6 is 7.37 Å². The Labute approximate surface area is 81.0 Å². The van der Waals surface area contributed by atoms with Crippen molar-refractivity contribution in [3.8, 4) is 0 Å². The fourth-order valence-corrected chi connectivity index (χ4v) is 2.16. The summed E-state index contributed by atoms with van der Waals surface area (Å²) in [6.07, 6.45) is -0.810. The fraction of sp³-hybridized carbons (Fsp3) is 0.714. The number of aliphatic carboxylic acids is 2. The predicted octanol–water partition coefficient (Wildman–Crippen LogP) is 0.452. The van der Waals surface area contributed by atoms with Gasteiger partial charge in [-0.2, -0.15) is 0 Å². The van der Waals surface area contributed by atoms with E-state index in [1.807, 2.05) is 0 Å². The molecule has 82 valence electrons. The Hall–Kier alpha value is -0.870. The number of carboxylic acid groups (broad SMARTS) is 2. The maximum absolute atomic E-state index is 10.9. The van der Waals surface area contributed by atoms with Crippen LogP contribution in [-0.2, 0) is 14.2 Å². The van der Waals surface area contributed by atoms with Gasteiger partial charge in [0, 0.05) is 19.2 Å². The molecule has 0 rings (SSSR count). The van der Waals surface area contributed by atoms with Crippen molar-refractivity contribution < 1.29 is 29.3 Å². The van der Waals surface area contributed by atoms with Gasteiger partial charge in [0.05, 0.1) is 5.92 Å². The minimum absolute atomic E-state index is 0.122. The van der Waals surface area contributed by atoms with E-state index in [2.05, 4.69) is 0 Å². The Morgan fingerprint density at radius 3 is 2.14 bits per heavy atom. The van der Waals surface area contributed by atoms with Gasteiger partial charge in [0.1, 0.15) is 0 Å². The molecule has 0 saturated carbocycles. The quantitative estimate of drug-likeness (QED) is 0.565. The summed E-state index contributed by atoms with van der Waals surface area (Å²) >= 11 is 0. The maximum atomic E-state index is 10.9. The Morgan fingerprint density at radius 2 is 1.86 bits per heavy atom. The van der Waals surface area contributed by atoms with Crippen molar-refractivity contribution in [1.82, 2.24) is 0 Å². The average molecular weight is 224 g/mol. The van der Waals surface area contributed by atoms with Crippen LogP contribution in [0.15, 0.2) is 0 Å². The van der Waals surface area contributed by atoms with Crippen LogP contribution < -0.4 is 0 Å². The van der Waals surface area contributed by atoms with E-state index in [0.29, 0.717) is 0 Å². The molecule has 0 aliphatic rings. The molecule has 2 atom stereocenters. The van der Waals surface area contributed by atoms with Gasteiger partial charge in [-0.05, 0) is 6.42 Å². The molecule has 0 saturated heterocycles. The Morgan fingerprint density at radius 1 is 1.36 bits per heavy atom. The van der Waals surface area contributed by atoms with Gasteiger partial charge in [0.2, 0.25) is 0 Å². The topological polar surface area (TPSA) is 112 Å². The molecule has 0 aliphatic heterocycles. The van der Waals surface area contributed by atoms with E-state index in [0.717, 1.165) is 6.66 Å². The van der Waals surface area contributed by atoms with Crippen LogP contribution in [0.5, 0.6) is 0 Å². The molecule has 0 aromatic heterocycles. The lowest BCUT2D eigenvalue weighted by Crippen LogP contribution is -2.19. The van der Waals surface area contributed by atoms with Gasteiger partial charge in [0.25, 0.3) is 0 Å². The number of hydrogen-bond acceptors (Lipinski definition) is 3. The van der Waals surface area contributed by atoms with Crippen molar-refractivity contribution in [3.05, 3.63) is 0 Å². The van der Waals surface area contributed by atoms with E-state index in [-0.39, 0.29) is 19.0 Å². The van der Waals surface area contributed by atoms with E-state index >= 15 is 0 Å². The van der Waals surface area contributed by atoms with E-state index in [9.17, 15) is 14.2 Å². The van der Waals surface area contributed by atoms with Crippen LogP contribution in [-0.4, -0.2) is 39.9 Å². The summed E-state index contributed by atoms with van der Waals surface area (Å²) in [7, 11) is -3.41. The summed E-state index contributed by atoms with van der Waals surface area (Å²) in [5.41, 5.74) is 0. The zero-order valence-electron chi connectivity index (χ0n) is 7.71. The molecular formula is C7H13O6P. The molecular weight excluding hydrogens is 211 g/mol. The van der Waals surface area contributed by atoms with Crippen molar-refractivity contribution in [2.24, 2.45) is 5.92 Å². The second-order valence-electron chi connectivity index (χ2n) is 3.20. The largest absolute Gasteiger partial charge is 0.481 e. The molecule has 0 spiro atoms. The molecule has 7 heteroatoms. The third-order valence-electron chi connectivity index (χ3n) is 1.62. The highest BCUT2D eigenvalue weighted by molar-refractivity contribution is 7.57. The molecule has 2 unspecified atom stereocenters. The lowest BCUT2D eigenvalue weighted by Gasteiger charge is -2.12. The summed E-state index contributed by atoms with van der Waals surface area (Å²) in [4.78, 5) is 29.7. The van der Waals surface area contributed by atoms with Gasteiger partial charge in [-0.15, -0.1) is 0 Å². The standard InChI is InChI=1S/C7H13O6P/c1-14(12,13)4-5(7(10)11)2-3-6(8)9/h5H,2-4H2,1H3,(H,8,9)(H,10,11)(H,12,13). The van der Waals surface area contributed by atoms with E-state index in [1.54, 1.807) is 0 Å². The van der Waals surface area contributed by atoms with Crippen LogP contribution in [0.4, 0.5) is 0 Å². The van der Waals surface area contributed by atoms with E-state index in [1.165, 1.54) is 0 Å². The summed E-state index contributed by atoms with van der Waals surface area (Å²) in [5.74, 6) is -3.41. The molecule has 14 heavy (non-hydrogen) atoms. The molecule has 0 amide bonds. The molecule has 0 aromatic carbocycles. The predicted molar refractivity (Wildman–Crippen MR) is 48.6 cm³/mol. The van der Waals surface area contributed by atoms with Crippen molar-refractivity contribution in [1.29, 1.82) is 0 Å². The van der Waals surface area contributed by atoms with Crippen molar-refractivity contribution in [2.45, 2.75) is 12.8 Å². The van der Waals surface area contributed by atoms with Crippen LogP contribution in [0.3, 0.4) is 0 Å². The zero-order chi connectivity index (χ0) is 11.4. The van der Waals surface area contributed by atoms with Crippen molar-refractivity contribution in [3.63, 3.8) is 0 Å². The van der Waals surface area contributed by atoms with Gasteiger partial charge in [-0.25, -0.2) is 0 Å². The summed E-state index contributed by atoms with van der Waals surface area (Å²) in [6, 6.07) is 0. The number of rotatable bonds is 6. The van der Waals surface area contributed by atoms with E-state index in [4.69, 9.17) is 15.1 Å². The molecule has 0 bridgehead atoms. The first-order valence-electron chi connectivity index (χ1n) is 3.96. The lowest BCUT2D eigenvalue weighted by atomic mass is 10.1. The highest BCUT2D eigenvalue weighted by Crippen LogP contribution is 2.38. The Kier molecular flexibility index (Phi) is 4.80. The minimum atomic E-state index is -3.41. The van der Waals surface area contributed by atoms with Gasteiger partial charge >= 0.3 is 11.9 Å². The Bertz CT molecular complexity index is 267. The van der Waals surface area contributed by atoms with Crippen molar-refractivity contribution >= 4 is 19.3 Å². The van der Waals surface area contributed by atoms with Crippen LogP contribution in [0.1, 0.15) is 12.8 Å². The molecule has 0 aromatic rings. The highest BCUT2D eigenvalue weighted by atomic mass is 31.2. The second-order valence-corrected chi connectivity index (χ2v) is 5.67. The first kappa shape index (κ1) is 13.1. The van der Waals surface area contributed by atoms with Crippen molar-refractivity contribution in [2.75, 3.05) is 12.8 Å². The molecule has 0 radical (unpaired) electrons. The Balaban J connectivity index is 4.24. The number of carbonyl (C=O) groups is 2. The SMILES string of the molecule is CP(=O)(O)CC(CCC(=O)O)C(=O)O. The first-order valence-corrected chi connectivity index (χ1v) is 6.25. The van der Waals surface area contributed by atoms with Gasteiger partial charge < -0.3 is 15.1 Å². The van der Waals surface area contributed by atoms with Crippen LogP contribution in [0, 0.1) is 5.92 Å². The molecule has 0 fully saturated rings. The maximum Gasteiger partial charge on any atom is 0.307 e. The van der Waals surface area contributed by atoms with E-state index < -0.39 is 25.2 Å². The highest BCUT2D eigenvalue weighted by Gasteiger charge is 2.25. The summed E-state index contributed by atoms with van der Waals surface area (Å²) < 4.78 is 10.9. The average Bonchev–Trinajstić information content (AvgIpc) is 1.94. The molecule has 6 nitrogen and oxygen atoms in total. The monoisotopic (exact) mass is 224 g/mol. The third-order valence-corrected chi connectivity index (χ3v) is 2.73. The second kappa shape index (κ2) is 5.12. The first-order chi connectivity index (χ1) is 6.22. The van der Waals surface area contributed by atoms with Gasteiger partial charge in [-0.1, -0.05) is 0 Å². The zero-order valence-corrected chi connectivity index (χ0v) is 8.61. The van der Waals surface area contributed by atoms with Gasteiger partial charge in [-0.3, -0.25) is 14.2 Å². The van der Waals surface area contributed by atoms with Crippen LogP contribution in [0.2, 0.25) is 0 Å². The third kappa shape index (κ3) is 6.62. The number of carboxylic acids is 2. The summed E-state index contributed by atoms with van der Waals surface area (Å²) in [6.45, 7) is 1.06. The normalized spacial score (nSPS) is 17.0. The fourth-order valence-electron chi connectivity index (χ4n) is 0.999. The smallest absolute Gasteiger partial charge is 0.307 e. The molecule has 3 N–H and O–H groups in total. The van der Waals surface area contributed by atoms with Gasteiger partial charge in [0.15, 0.2) is 7.37 Å². The number of hydrogen-bond donors (Lipinski definition) is 3. The molecule has 0 aliphatic carbocycles. The summed E-state index contributed by atoms with van der Waals surface area (Å²) in [5, 5.41) is 16.9.